The number of benzene rings is 1. The molecule has 114 valence electrons. The van der Waals surface area contributed by atoms with Gasteiger partial charge in [0.1, 0.15) is 5.01 Å². The molecule has 0 N–H and O–H groups in total. The molecular formula is C17H19N2PtS-. The summed E-state index contributed by atoms with van der Waals surface area (Å²) >= 11 is 1.69. The summed E-state index contributed by atoms with van der Waals surface area (Å²) in [6.07, 6.45) is 3.07. The van der Waals surface area contributed by atoms with Crippen molar-refractivity contribution in [3.8, 4) is 10.6 Å². The van der Waals surface area contributed by atoms with Crippen LogP contribution in [0.3, 0.4) is 0 Å². The van der Waals surface area contributed by atoms with E-state index in [0.29, 0.717) is 0 Å². The van der Waals surface area contributed by atoms with Gasteiger partial charge in [0.15, 0.2) is 0 Å². The zero-order chi connectivity index (χ0) is 14.3. The van der Waals surface area contributed by atoms with Crippen LogP contribution in [-0.4, -0.2) is 4.98 Å². The molecule has 0 saturated carbocycles. The maximum absolute atomic E-state index is 4.66. The summed E-state index contributed by atoms with van der Waals surface area (Å²) in [4.78, 5) is 9.25. The van der Waals surface area contributed by atoms with Crippen LogP contribution < -0.4 is 4.98 Å². The van der Waals surface area contributed by atoms with Crippen molar-refractivity contribution in [1.82, 2.24) is 9.97 Å². The van der Waals surface area contributed by atoms with Crippen LogP contribution in [0, 0.1) is 12.3 Å². The number of thiazole rings is 1. The zero-order valence-corrected chi connectivity index (χ0v) is 15.8. The summed E-state index contributed by atoms with van der Waals surface area (Å²) in [6, 6.07) is 6.41. The summed E-state index contributed by atoms with van der Waals surface area (Å²) in [5.74, 6) is 0. The number of rotatable bonds is 2. The maximum Gasteiger partial charge on any atom is 0.122 e. The van der Waals surface area contributed by atoms with Gasteiger partial charge in [-0.2, -0.15) is 6.20 Å². The van der Waals surface area contributed by atoms with Gasteiger partial charge in [-0.15, -0.1) is 16.9 Å². The molecule has 0 atom stereocenters. The fourth-order valence-corrected chi connectivity index (χ4v) is 3.34. The van der Waals surface area contributed by atoms with E-state index in [4.69, 9.17) is 0 Å². The molecule has 0 spiro atoms. The number of hydrogen-bond donors (Lipinski definition) is 0. The van der Waals surface area contributed by atoms with Crippen molar-refractivity contribution < 1.29 is 21.1 Å². The van der Waals surface area contributed by atoms with Gasteiger partial charge in [-0.05, 0) is 29.7 Å². The number of para-hydroxylation sites is 1. The molecule has 2 aromatic heterocycles. The Bertz CT molecular complexity index is 750. The first-order valence-corrected chi connectivity index (χ1v) is 7.78. The molecule has 3 rings (SSSR count). The Hall–Kier alpha value is -0.922. The smallest absolute Gasteiger partial charge is 0.122 e. The van der Waals surface area contributed by atoms with Gasteiger partial charge in [0, 0.05) is 32.1 Å². The van der Waals surface area contributed by atoms with Crippen molar-refractivity contribution in [1.29, 1.82) is 0 Å². The van der Waals surface area contributed by atoms with Crippen LogP contribution in [0.4, 0.5) is 0 Å². The second kappa shape index (κ2) is 6.06. The second-order valence-corrected chi connectivity index (χ2v) is 7.37. The van der Waals surface area contributed by atoms with E-state index in [0.717, 1.165) is 28.2 Å². The van der Waals surface area contributed by atoms with Crippen LogP contribution in [0.1, 0.15) is 32.0 Å². The Morgan fingerprint density at radius 2 is 2.00 bits per heavy atom. The fraction of sp³-hybridized carbons (Fsp3) is 0.353. The molecule has 2 heterocycles. The minimum atomic E-state index is 0. The quantitative estimate of drug-likeness (QED) is 0.529. The van der Waals surface area contributed by atoms with E-state index < -0.39 is 0 Å². The predicted octanol–water partition coefficient (Wildman–Crippen LogP) is 4.82. The third kappa shape index (κ3) is 3.46. The minimum absolute atomic E-state index is 0. The van der Waals surface area contributed by atoms with Crippen LogP contribution in [0.2, 0.25) is 0 Å². The number of aromatic nitrogens is 2. The number of hydrogen-bond acceptors (Lipinski definition) is 2. The molecule has 0 fully saturated rings. The average molecular weight is 478 g/mol. The van der Waals surface area contributed by atoms with Crippen LogP contribution >= 0.6 is 11.3 Å². The predicted molar refractivity (Wildman–Crippen MR) is 86.3 cm³/mol. The first kappa shape index (κ1) is 16.4. The van der Waals surface area contributed by atoms with Gasteiger partial charge in [0.2, 0.25) is 0 Å². The van der Waals surface area contributed by atoms with Gasteiger partial charge in [0.25, 0.3) is 0 Å². The average Bonchev–Trinajstić information content (AvgIpc) is 2.95. The van der Waals surface area contributed by atoms with E-state index in [-0.39, 0.29) is 26.5 Å². The van der Waals surface area contributed by atoms with Crippen LogP contribution in [0.25, 0.3) is 21.5 Å². The van der Waals surface area contributed by atoms with Crippen LogP contribution in [0.5, 0.6) is 0 Å². The molecule has 1 aromatic carbocycles. The van der Waals surface area contributed by atoms with Crippen LogP contribution in [-0.2, 0) is 27.5 Å². The SMILES string of the molecule is Cc1csc(-c2cccc3c(CC(C)(C)C)c[n-]c23)n1.[Pt]. The van der Waals surface area contributed by atoms with E-state index >= 15 is 0 Å². The van der Waals surface area contributed by atoms with Crippen molar-refractivity contribution in [3.63, 3.8) is 0 Å². The van der Waals surface area contributed by atoms with Gasteiger partial charge >= 0.3 is 0 Å². The van der Waals surface area contributed by atoms with Crippen LogP contribution in [0.15, 0.2) is 29.8 Å². The molecule has 2 nitrogen and oxygen atoms in total. The Morgan fingerprint density at radius 3 is 2.62 bits per heavy atom. The van der Waals surface area contributed by atoms with E-state index in [1.165, 1.54) is 10.9 Å². The fourth-order valence-electron chi connectivity index (χ4n) is 2.52. The molecule has 0 aliphatic rings. The molecule has 4 heteroatoms. The van der Waals surface area contributed by atoms with E-state index in [2.05, 4.69) is 54.3 Å². The number of aryl methyl sites for hydroxylation is 1. The molecule has 0 aliphatic carbocycles. The van der Waals surface area contributed by atoms with E-state index in [1.54, 1.807) is 11.3 Å². The Kier molecular flexibility index (Phi) is 4.75. The zero-order valence-electron chi connectivity index (χ0n) is 12.7. The normalized spacial score (nSPS) is 11.6. The van der Waals surface area contributed by atoms with Gasteiger partial charge < -0.3 is 4.98 Å². The van der Waals surface area contributed by atoms with Gasteiger partial charge in [-0.3, -0.25) is 0 Å². The van der Waals surface area contributed by atoms with Crippen molar-refractivity contribution in [3.05, 3.63) is 41.0 Å². The molecule has 0 aliphatic heterocycles. The monoisotopic (exact) mass is 478 g/mol. The summed E-state index contributed by atoms with van der Waals surface area (Å²) < 4.78 is 0. The summed E-state index contributed by atoms with van der Waals surface area (Å²) in [5, 5.41) is 4.42. The molecule has 0 saturated heterocycles. The molecule has 0 amide bonds. The third-order valence-electron chi connectivity index (χ3n) is 3.30. The van der Waals surface area contributed by atoms with Crippen molar-refractivity contribution >= 4 is 22.2 Å². The largest absolute Gasteiger partial charge is 0.663 e. The second-order valence-electron chi connectivity index (χ2n) is 6.52. The van der Waals surface area contributed by atoms with Crippen molar-refractivity contribution in [2.24, 2.45) is 5.41 Å². The maximum atomic E-state index is 4.66. The van der Waals surface area contributed by atoms with E-state index in [9.17, 15) is 0 Å². The number of nitrogens with zero attached hydrogens (tertiary/aromatic N) is 2. The Morgan fingerprint density at radius 1 is 1.24 bits per heavy atom. The molecule has 0 bridgehead atoms. The van der Waals surface area contributed by atoms with Gasteiger partial charge in [-0.1, -0.05) is 44.5 Å². The van der Waals surface area contributed by atoms with Crippen molar-refractivity contribution in [2.75, 3.05) is 0 Å². The number of fused-ring (bicyclic) bond motifs is 1. The molecule has 21 heavy (non-hydrogen) atoms. The van der Waals surface area contributed by atoms with E-state index in [1.807, 2.05) is 13.1 Å². The summed E-state index contributed by atoms with van der Waals surface area (Å²) in [5.41, 5.74) is 4.92. The molecule has 0 radical (unpaired) electrons. The molecule has 0 unspecified atom stereocenters. The van der Waals surface area contributed by atoms with Gasteiger partial charge in [0.05, 0.1) is 0 Å². The Labute approximate surface area is 144 Å². The van der Waals surface area contributed by atoms with Crippen molar-refractivity contribution in [2.45, 2.75) is 34.1 Å². The first-order valence-electron chi connectivity index (χ1n) is 6.90. The molecular weight excluding hydrogens is 459 g/mol. The topological polar surface area (TPSA) is 27.0 Å². The first-order chi connectivity index (χ1) is 9.44. The summed E-state index contributed by atoms with van der Waals surface area (Å²) in [6.45, 7) is 8.82. The Balaban J connectivity index is 0.00000161. The van der Waals surface area contributed by atoms with Gasteiger partial charge in [-0.25, -0.2) is 4.98 Å². The molecule has 3 aromatic rings. The minimum Gasteiger partial charge on any atom is -0.663 e. The summed E-state index contributed by atoms with van der Waals surface area (Å²) in [7, 11) is 0. The third-order valence-corrected chi connectivity index (χ3v) is 4.30. The standard InChI is InChI=1S/C17H19N2S.Pt/c1-11-10-20-16(19-11)14-7-5-6-13-12(8-17(2,3)4)9-18-15(13)14;/h5-7,9-10H,8H2,1-4H3;/q-1;.